The van der Waals surface area contributed by atoms with Crippen LogP contribution in [0.4, 0.5) is 5.69 Å². The Kier molecular flexibility index (Phi) is 9.04. The topological polar surface area (TPSA) is 79.0 Å². The number of piperidine rings is 2. The number of carbonyl (C=O) groups excluding carboxylic acids is 1. The maximum Gasteiger partial charge on any atom is 0.243 e. The molecule has 2 heterocycles. The summed E-state index contributed by atoms with van der Waals surface area (Å²) in [5.41, 5.74) is 2.16. The smallest absolute Gasteiger partial charge is 0.243 e. The van der Waals surface area contributed by atoms with Crippen molar-refractivity contribution in [3.63, 3.8) is 0 Å². The second kappa shape index (κ2) is 12.2. The van der Waals surface area contributed by atoms with Crippen LogP contribution in [-0.2, 0) is 26.0 Å². The molecule has 0 aromatic heterocycles. The fourth-order valence-corrected chi connectivity index (χ4v) is 6.62. The summed E-state index contributed by atoms with van der Waals surface area (Å²) in [7, 11) is -3.61. The van der Waals surface area contributed by atoms with E-state index in [1.54, 1.807) is 12.1 Å². The summed E-state index contributed by atoms with van der Waals surface area (Å²) in [6.45, 7) is 6.73. The van der Waals surface area contributed by atoms with Crippen LogP contribution in [0, 0.1) is 0 Å². The van der Waals surface area contributed by atoms with Gasteiger partial charge in [-0.05, 0) is 75.8 Å². The maximum atomic E-state index is 13.3. The van der Waals surface area contributed by atoms with Gasteiger partial charge in [0, 0.05) is 44.3 Å². The van der Waals surface area contributed by atoms with E-state index < -0.39 is 10.0 Å². The summed E-state index contributed by atoms with van der Waals surface area (Å²) in [6, 6.07) is 17.0. The number of rotatable bonds is 9. The zero-order valence-corrected chi connectivity index (χ0v) is 22.3. The molecule has 1 N–H and O–H groups in total. The molecule has 2 fully saturated rings. The highest BCUT2D eigenvalue weighted by atomic mass is 32.2. The van der Waals surface area contributed by atoms with Crippen LogP contribution in [0.5, 0.6) is 0 Å². The van der Waals surface area contributed by atoms with Gasteiger partial charge < -0.3 is 15.0 Å². The molecule has 4 rings (SSSR count). The lowest BCUT2D eigenvalue weighted by Crippen LogP contribution is -2.49. The van der Waals surface area contributed by atoms with Crippen molar-refractivity contribution in [2.75, 3.05) is 31.1 Å². The summed E-state index contributed by atoms with van der Waals surface area (Å²) in [4.78, 5) is 15.1. The van der Waals surface area contributed by atoms with Crippen molar-refractivity contribution < 1.29 is 17.9 Å². The highest BCUT2D eigenvalue weighted by molar-refractivity contribution is 7.89. The predicted molar refractivity (Wildman–Crippen MR) is 143 cm³/mol. The van der Waals surface area contributed by atoms with Crippen molar-refractivity contribution >= 4 is 21.6 Å². The number of sulfonamides is 1. The second-order valence-electron chi connectivity index (χ2n) is 10.1. The van der Waals surface area contributed by atoms with Crippen molar-refractivity contribution in [2.45, 2.75) is 75.5 Å². The molecule has 2 aliphatic rings. The Morgan fingerprint density at radius 2 is 1.69 bits per heavy atom. The molecule has 0 spiro atoms. The molecule has 7 nitrogen and oxygen atoms in total. The number of carbonyl (C=O) groups is 1. The van der Waals surface area contributed by atoms with E-state index in [0.29, 0.717) is 36.9 Å². The molecule has 1 unspecified atom stereocenters. The molecule has 0 bridgehead atoms. The van der Waals surface area contributed by atoms with E-state index in [0.717, 1.165) is 50.0 Å². The van der Waals surface area contributed by atoms with Gasteiger partial charge >= 0.3 is 0 Å². The molecular formula is C28H39N3O4S. The lowest BCUT2D eigenvalue weighted by atomic mass is 10.1. The van der Waals surface area contributed by atoms with E-state index in [1.165, 1.54) is 4.31 Å². The summed E-state index contributed by atoms with van der Waals surface area (Å²) in [5, 5.41) is 3.05. The lowest BCUT2D eigenvalue weighted by molar-refractivity contribution is -0.122. The predicted octanol–water partition coefficient (Wildman–Crippen LogP) is 3.98. The Balaban J connectivity index is 1.30. The minimum atomic E-state index is -3.61. The Labute approximate surface area is 215 Å². The van der Waals surface area contributed by atoms with Crippen molar-refractivity contribution in [1.82, 2.24) is 9.62 Å². The van der Waals surface area contributed by atoms with Gasteiger partial charge in [-0.2, -0.15) is 4.31 Å². The van der Waals surface area contributed by atoms with Gasteiger partial charge in [0.25, 0.3) is 0 Å². The van der Waals surface area contributed by atoms with Crippen LogP contribution in [0.3, 0.4) is 0 Å². The third-order valence-electron chi connectivity index (χ3n) is 6.98. The third-order valence-corrected chi connectivity index (χ3v) is 8.86. The van der Waals surface area contributed by atoms with Crippen LogP contribution in [-0.4, -0.2) is 63.1 Å². The largest absolute Gasteiger partial charge is 0.375 e. The summed E-state index contributed by atoms with van der Waals surface area (Å²) >= 11 is 0. The van der Waals surface area contributed by atoms with Gasteiger partial charge in [-0.1, -0.05) is 30.3 Å². The molecule has 0 radical (unpaired) electrons. The molecule has 36 heavy (non-hydrogen) atoms. The number of ether oxygens (including phenoxy) is 1. The molecule has 1 atom stereocenters. The van der Waals surface area contributed by atoms with E-state index in [1.807, 2.05) is 42.5 Å². The quantitative estimate of drug-likeness (QED) is 0.549. The molecule has 2 aromatic rings. The number of benzene rings is 2. The number of amides is 1. The number of anilines is 1. The zero-order valence-electron chi connectivity index (χ0n) is 21.4. The Hall–Kier alpha value is -2.42. The Bertz CT molecular complexity index is 1080. The standard InChI is InChI=1S/C28H39N3O4S/c1-22(2)35-26-16-19-30(20-17-26)25-11-13-27(14-12-25)36(33,34)31-18-6-9-24(21-31)29-28(32)15-10-23-7-4-3-5-8-23/h3-5,7-8,11-14,22,24,26H,6,9-10,15-21H2,1-2H3,(H,29,32). The first-order valence-corrected chi connectivity index (χ1v) is 14.6. The van der Waals surface area contributed by atoms with Crippen LogP contribution < -0.4 is 10.2 Å². The number of aryl methyl sites for hydroxylation is 1. The van der Waals surface area contributed by atoms with Crippen molar-refractivity contribution in [3.05, 3.63) is 60.2 Å². The molecule has 2 aromatic carbocycles. The number of nitrogens with one attached hydrogen (secondary N) is 1. The van der Waals surface area contributed by atoms with Crippen LogP contribution in [0.15, 0.2) is 59.5 Å². The zero-order chi connectivity index (χ0) is 25.5. The number of hydrogen-bond donors (Lipinski definition) is 1. The van der Waals surface area contributed by atoms with Gasteiger partial charge in [-0.15, -0.1) is 0 Å². The van der Waals surface area contributed by atoms with Gasteiger partial charge in [0.1, 0.15) is 0 Å². The first kappa shape index (κ1) is 26.6. The van der Waals surface area contributed by atoms with E-state index >= 15 is 0 Å². The highest BCUT2D eigenvalue weighted by Crippen LogP contribution is 2.26. The molecule has 8 heteroatoms. The minimum Gasteiger partial charge on any atom is -0.375 e. The van der Waals surface area contributed by atoms with Gasteiger partial charge in [0.05, 0.1) is 17.1 Å². The van der Waals surface area contributed by atoms with E-state index in [2.05, 4.69) is 24.1 Å². The second-order valence-corrected chi connectivity index (χ2v) is 12.1. The molecule has 0 aliphatic carbocycles. The first-order valence-electron chi connectivity index (χ1n) is 13.1. The molecular weight excluding hydrogens is 474 g/mol. The molecule has 196 valence electrons. The molecule has 2 aliphatic heterocycles. The Morgan fingerprint density at radius 3 is 2.36 bits per heavy atom. The summed E-state index contributed by atoms with van der Waals surface area (Å²) in [5.74, 6) is -0.0324. The monoisotopic (exact) mass is 513 g/mol. The fourth-order valence-electron chi connectivity index (χ4n) is 5.09. The first-order chi connectivity index (χ1) is 17.3. The Morgan fingerprint density at radius 1 is 1.00 bits per heavy atom. The van der Waals surface area contributed by atoms with E-state index in [9.17, 15) is 13.2 Å². The maximum absolute atomic E-state index is 13.3. The van der Waals surface area contributed by atoms with E-state index in [4.69, 9.17) is 4.74 Å². The van der Waals surface area contributed by atoms with Crippen LogP contribution in [0.1, 0.15) is 51.5 Å². The van der Waals surface area contributed by atoms with Crippen LogP contribution >= 0.6 is 0 Å². The van der Waals surface area contributed by atoms with Crippen molar-refractivity contribution in [3.8, 4) is 0 Å². The number of hydrogen-bond acceptors (Lipinski definition) is 5. The van der Waals surface area contributed by atoms with Crippen molar-refractivity contribution in [1.29, 1.82) is 0 Å². The van der Waals surface area contributed by atoms with Gasteiger partial charge in [-0.25, -0.2) is 8.42 Å². The molecule has 2 saturated heterocycles. The van der Waals surface area contributed by atoms with Crippen LogP contribution in [0.25, 0.3) is 0 Å². The normalized spacial score (nSPS) is 20.0. The lowest BCUT2D eigenvalue weighted by Gasteiger charge is -2.34. The van der Waals surface area contributed by atoms with Crippen molar-refractivity contribution in [2.24, 2.45) is 0 Å². The summed E-state index contributed by atoms with van der Waals surface area (Å²) < 4.78 is 34.1. The van der Waals surface area contributed by atoms with Gasteiger partial charge in [0.2, 0.25) is 15.9 Å². The highest BCUT2D eigenvalue weighted by Gasteiger charge is 2.31. The third kappa shape index (κ3) is 7.08. The fraction of sp³-hybridized carbons (Fsp3) is 0.536. The molecule has 1 amide bonds. The molecule has 0 saturated carbocycles. The minimum absolute atomic E-state index is 0.0324. The van der Waals surface area contributed by atoms with Gasteiger partial charge in [0.15, 0.2) is 0 Å². The average molecular weight is 514 g/mol. The number of nitrogens with zero attached hydrogens (tertiary/aromatic N) is 2. The van der Waals surface area contributed by atoms with E-state index in [-0.39, 0.29) is 18.1 Å². The average Bonchev–Trinajstić information content (AvgIpc) is 2.88. The SMILES string of the molecule is CC(C)OC1CCN(c2ccc(S(=O)(=O)N3CCCC(NC(=O)CCc4ccccc4)C3)cc2)CC1. The van der Waals surface area contributed by atoms with Crippen LogP contribution in [0.2, 0.25) is 0 Å². The van der Waals surface area contributed by atoms with Gasteiger partial charge in [-0.3, -0.25) is 4.79 Å². The summed E-state index contributed by atoms with van der Waals surface area (Å²) in [6.07, 6.45) is 5.09.